The highest BCUT2D eigenvalue weighted by Crippen LogP contribution is 2.19. The molecule has 1 amide bonds. The van der Waals surface area contributed by atoms with Gasteiger partial charge in [-0.1, -0.05) is 19.1 Å². The Hall–Kier alpha value is -2.25. The predicted molar refractivity (Wildman–Crippen MR) is 88.1 cm³/mol. The average molecular weight is 360 g/mol. The van der Waals surface area contributed by atoms with Gasteiger partial charge < -0.3 is 15.4 Å². The summed E-state index contributed by atoms with van der Waals surface area (Å²) in [5, 5.41) is 4.92. The Bertz CT molecular complexity index is 573. The van der Waals surface area contributed by atoms with Gasteiger partial charge in [0, 0.05) is 18.8 Å². The third-order valence-corrected chi connectivity index (χ3v) is 3.64. The van der Waals surface area contributed by atoms with Crippen molar-refractivity contribution in [3.8, 4) is 0 Å². The van der Waals surface area contributed by atoms with Crippen molar-refractivity contribution >= 4 is 17.6 Å². The van der Waals surface area contributed by atoms with Crippen LogP contribution in [0, 0.1) is 5.92 Å². The molecule has 8 heteroatoms. The SMILES string of the molecule is CCOC(=O)C(C)C[C@H](Cc1ccc(NC)cc1)NC(=O)C(F)(F)F. The standard InChI is InChI=1S/C17H23F3N2O3/c1-4-25-15(23)11(2)9-14(22-16(24)17(18,19)20)10-12-5-7-13(21-3)8-6-12/h5-8,11,14,21H,4,9-10H2,1-3H3,(H,22,24)/t11?,14-/m1/s1. The fourth-order valence-electron chi connectivity index (χ4n) is 2.36. The Morgan fingerprint density at radius 1 is 1.20 bits per heavy atom. The summed E-state index contributed by atoms with van der Waals surface area (Å²) in [7, 11) is 1.75. The summed E-state index contributed by atoms with van der Waals surface area (Å²) in [6.07, 6.45) is -4.74. The molecule has 1 rings (SSSR count). The van der Waals surface area contributed by atoms with Crippen molar-refractivity contribution in [2.24, 2.45) is 5.92 Å². The Kier molecular flexibility index (Phi) is 7.73. The second kappa shape index (κ2) is 9.29. The quantitative estimate of drug-likeness (QED) is 0.700. The van der Waals surface area contributed by atoms with Gasteiger partial charge in [0.1, 0.15) is 0 Å². The minimum atomic E-state index is -4.97. The summed E-state index contributed by atoms with van der Waals surface area (Å²) in [5.74, 6) is -3.14. The van der Waals surface area contributed by atoms with Crippen molar-refractivity contribution in [1.29, 1.82) is 0 Å². The van der Waals surface area contributed by atoms with Gasteiger partial charge in [0.15, 0.2) is 0 Å². The molecule has 0 aliphatic rings. The molecular weight excluding hydrogens is 337 g/mol. The number of ether oxygens (including phenoxy) is 1. The van der Waals surface area contributed by atoms with Crippen LogP contribution in [0.3, 0.4) is 0 Å². The molecule has 0 spiro atoms. The lowest BCUT2D eigenvalue weighted by Gasteiger charge is -2.22. The number of carbonyl (C=O) groups excluding carboxylic acids is 2. The van der Waals surface area contributed by atoms with E-state index in [9.17, 15) is 22.8 Å². The van der Waals surface area contributed by atoms with Crippen LogP contribution in [0.25, 0.3) is 0 Å². The zero-order valence-electron chi connectivity index (χ0n) is 14.4. The first-order valence-electron chi connectivity index (χ1n) is 7.98. The number of anilines is 1. The van der Waals surface area contributed by atoms with E-state index in [1.54, 1.807) is 45.2 Å². The zero-order valence-corrected chi connectivity index (χ0v) is 14.4. The first-order chi connectivity index (χ1) is 11.7. The number of halogens is 3. The van der Waals surface area contributed by atoms with Gasteiger partial charge in [-0.2, -0.15) is 13.2 Å². The smallest absolute Gasteiger partial charge is 0.466 e. The summed E-state index contributed by atoms with van der Waals surface area (Å²) in [6.45, 7) is 3.40. The Morgan fingerprint density at radius 3 is 2.28 bits per heavy atom. The molecule has 0 aliphatic heterocycles. The molecule has 0 saturated carbocycles. The lowest BCUT2D eigenvalue weighted by atomic mass is 9.96. The topological polar surface area (TPSA) is 67.4 Å². The fourth-order valence-corrected chi connectivity index (χ4v) is 2.36. The molecule has 140 valence electrons. The number of hydrogen-bond donors (Lipinski definition) is 2. The normalized spacial score (nSPS) is 13.7. The van der Waals surface area contributed by atoms with E-state index < -0.39 is 30.0 Å². The van der Waals surface area contributed by atoms with Crippen LogP contribution >= 0.6 is 0 Å². The highest BCUT2D eigenvalue weighted by molar-refractivity contribution is 5.82. The van der Waals surface area contributed by atoms with E-state index in [1.165, 1.54) is 0 Å². The van der Waals surface area contributed by atoms with Gasteiger partial charge in [0.25, 0.3) is 0 Å². The fraction of sp³-hybridized carbons (Fsp3) is 0.529. The average Bonchev–Trinajstić information content (AvgIpc) is 2.54. The number of benzene rings is 1. The van der Waals surface area contributed by atoms with Crippen LogP contribution in [0.4, 0.5) is 18.9 Å². The maximum absolute atomic E-state index is 12.6. The molecule has 0 saturated heterocycles. The molecule has 5 nitrogen and oxygen atoms in total. The first kappa shape index (κ1) is 20.8. The number of carbonyl (C=O) groups is 2. The molecule has 0 radical (unpaired) electrons. The highest BCUT2D eigenvalue weighted by atomic mass is 19.4. The van der Waals surface area contributed by atoms with Gasteiger partial charge >= 0.3 is 18.1 Å². The van der Waals surface area contributed by atoms with Crippen molar-refractivity contribution in [2.75, 3.05) is 19.0 Å². The van der Waals surface area contributed by atoms with Gasteiger partial charge in [0.05, 0.1) is 12.5 Å². The van der Waals surface area contributed by atoms with Crippen LogP contribution < -0.4 is 10.6 Å². The number of rotatable bonds is 8. The molecular formula is C17H23F3N2O3. The van der Waals surface area contributed by atoms with Crippen LogP contribution in [0.15, 0.2) is 24.3 Å². The molecule has 0 aliphatic carbocycles. The van der Waals surface area contributed by atoms with Crippen molar-refractivity contribution in [3.63, 3.8) is 0 Å². The van der Waals surface area contributed by atoms with E-state index in [-0.39, 0.29) is 19.4 Å². The number of hydrogen-bond acceptors (Lipinski definition) is 4. The third kappa shape index (κ3) is 7.03. The molecule has 1 aromatic rings. The zero-order chi connectivity index (χ0) is 19.0. The third-order valence-electron chi connectivity index (χ3n) is 3.64. The number of esters is 1. The van der Waals surface area contributed by atoms with Gasteiger partial charge in [-0.25, -0.2) is 0 Å². The lowest BCUT2D eigenvalue weighted by molar-refractivity contribution is -0.174. The van der Waals surface area contributed by atoms with Crippen LogP contribution in [-0.2, 0) is 20.7 Å². The second-order valence-corrected chi connectivity index (χ2v) is 5.71. The molecule has 0 heterocycles. The monoisotopic (exact) mass is 360 g/mol. The van der Waals surface area contributed by atoms with Crippen LogP contribution in [0.2, 0.25) is 0 Å². The van der Waals surface area contributed by atoms with Gasteiger partial charge in [-0.3, -0.25) is 9.59 Å². The Balaban J connectivity index is 2.85. The van der Waals surface area contributed by atoms with E-state index >= 15 is 0 Å². The molecule has 0 fully saturated rings. The number of alkyl halides is 3. The van der Waals surface area contributed by atoms with Crippen molar-refractivity contribution in [2.45, 2.75) is 38.9 Å². The van der Waals surface area contributed by atoms with Crippen molar-refractivity contribution in [1.82, 2.24) is 5.32 Å². The van der Waals surface area contributed by atoms with Crippen LogP contribution in [0.5, 0.6) is 0 Å². The van der Waals surface area contributed by atoms with Crippen LogP contribution in [-0.4, -0.2) is 37.7 Å². The van der Waals surface area contributed by atoms with E-state index in [0.717, 1.165) is 11.3 Å². The van der Waals surface area contributed by atoms with Gasteiger partial charge in [0.2, 0.25) is 0 Å². The maximum Gasteiger partial charge on any atom is 0.471 e. The largest absolute Gasteiger partial charge is 0.471 e. The summed E-state index contributed by atoms with van der Waals surface area (Å²) in [5.41, 5.74) is 1.61. The van der Waals surface area contributed by atoms with Crippen LogP contribution in [0.1, 0.15) is 25.8 Å². The number of amides is 1. The molecule has 0 bridgehead atoms. The lowest BCUT2D eigenvalue weighted by Crippen LogP contribution is -2.45. The van der Waals surface area contributed by atoms with E-state index in [4.69, 9.17) is 4.74 Å². The summed E-state index contributed by atoms with van der Waals surface area (Å²) in [6, 6.07) is 6.25. The Labute approximate surface area is 144 Å². The molecule has 2 N–H and O–H groups in total. The Morgan fingerprint density at radius 2 is 1.80 bits per heavy atom. The minimum absolute atomic E-state index is 0.0500. The number of nitrogens with one attached hydrogen (secondary N) is 2. The summed E-state index contributed by atoms with van der Waals surface area (Å²) < 4.78 is 42.5. The molecule has 0 aromatic heterocycles. The second-order valence-electron chi connectivity index (χ2n) is 5.71. The summed E-state index contributed by atoms with van der Waals surface area (Å²) in [4.78, 5) is 23.0. The minimum Gasteiger partial charge on any atom is -0.466 e. The molecule has 25 heavy (non-hydrogen) atoms. The van der Waals surface area contributed by atoms with Gasteiger partial charge in [-0.15, -0.1) is 0 Å². The maximum atomic E-state index is 12.6. The van der Waals surface area contributed by atoms with E-state index in [0.29, 0.717) is 0 Å². The predicted octanol–water partition coefficient (Wildman–Crippen LogP) is 2.91. The molecule has 2 atom stereocenters. The van der Waals surface area contributed by atoms with Gasteiger partial charge in [-0.05, 0) is 37.5 Å². The van der Waals surface area contributed by atoms with E-state index in [2.05, 4.69) is 5.32 Å². The molecule has 1 unspecified atom stereocenters. The van der Waals surface area contributed by atoms with Crippen molar-refractivity contribution in [3.05, 3.63) is 29.8 Å². The van der Waals surface area contributed by atoms with E-state index in [1.807, 2.05) is 5.32 Å². The molecule has 1 aromatic carbocycles. The van der Waals surface area contributed by atoms with Crippen molar-refractivity contribution < 1.29 is 27.5 Å². The highest BCUT2D eigenvalue weighted by Gasteiger charge is 2.40. The summed E-state index contributed by atoms with van der Waals surface area (Å²) >= 11 is 0. The first-order valence-corrected chi connectivity index (χ1v) is 7.98.